The average molecular weight is 600 g/mol. The summed E-state index contributed by atoms with van der Waals surface area (Å²) < 4.78 is 41.3. The van der Waals surface area contributed by atoms with E-state index >= 15 is 0 Å². The minimum Gasteiger partial charge on any atom is -0.485 e. The molecule has 2 aromatic heterocycles. The van der Waals surface area contributed by atoms with Gasteiger partial charge < -0.3 is 19.2 Å². The number of aliphatic imine (C=N–C) groups is 1. The minimum atomic E-state index is -3.32. The number of esters is 1. The Morgan fingerprint density at radius 2 is 1.93 bits per heavy atom. The molecule has 2 aromatic carbocycles. The molecule has 208 valence electrons. The highest BCUT2D eigenvalue weighted by Gasteiger charge is 2.25. The van der Waals surface area contributed by atoms with Crippen molar-refractivity contribution >= 4 is 55.1 Å². The van der Waals surface area contributed by atoms with Gasteiger partial charge in [-0.15, -0.1) is 0 Å². The SMILES string of the molecule is CCCC(=O)OC1CN=C(c2cc3cc(Oc4ccc(S(C)(=O)=O)cc4)cc(OCc4cccc(Cl)n4)c3[nH]2)S1. The van der Waals surface area contributed by atoms with Crippen LogP contribution in [-0.2, 0) is 26.0 Å². The normalized spacial score (nSPS) is 15.2. The summed E-state index contributed by atoms with van der Waals surface area (Å²) in [5, 5.41) is 1.91. The number of aromatic amines is 1. The van der Waals surface area contributed by atoms with Crippen LogP contribution < -0.4 is 9.47 Å². The van der Waals surface area contributed by atoms with Crippen LogP contribution in [0, 0.1) is 0 Å². The van der Waals surface area contributed by atoms with Crippen LogP contribution in [-0.4, -0.2) is 47.6 Å². The third-order valence-electron chi connectivity index (χ3n) is 5.88. The van der Waals surface area contributed by atoms with Gasteiger partial charge >= 0.3 is 5.97 Å². The van der Waals surface area contributed by atoms with Crippen LogP contribution >= 0.6 is 23.4 Å². The first-order valence-corrected chi connectivity index (χ1v) is 15.6. The fraction of sp³-hybridized carbons (Fsp3) is 0.250. The summed E-state index contributed by atoms with van der Waals surface area (Å²) in [7, 11) is -3.32. The smallest absolute Gasteiger partial charge is 0.306 e. The van der Waals surface area contributed by atoms with Gasteiger partial charge in [-0.3, -0.25) is 9.79 Å². The number of ether oxygens (including phenoxy) is 3. The Labute approximate surface area is 240 Å². The third kappa shape index (κ3) is 6.78. The molecule has 1 unspecified atom stereocenters. The predicted octanol–water partition coefficient (Wildman–Crippen LogP) is 6.15. The van der Waals surface area contributed by atoms with Gasteiger partial charge in [-0.25, -0.2) is 13.4 Å². The summed E-state index contributed by atoms with van der Waals surface area (Å²) in [5.41, 5.74) is 1.78. The quantitative estimate of drug-likeness (QED) is 0.170. The van der Waals surface area contributed by atoms with E-state index in [9.17, 15) is 13.2 Å². The number of carbonyl (C=O) groups excluding carboxylic acids is 1. The topological polar surface area (TPSA) is 120 Å². The molecule has 0 saturated heterocycles. The van der Waals surface area contributed by atoms with Crippen molar-refractivity contribution in [3.8, 4) is 17.2 Å². The van der Waals surface area contributed by atoms with Gasteiger partial charge in [0.15, 0.2) is 15.3 Å². The number of fused-ring (bicyclic) bond motifs is 1. The molecule has 1 N–H and O–H groups in total. The first-order valence-electron chi connectivity index (χ1n) is 12.5. The zero-order valence-electron chi connectivity index (χ0n) is 21.7. The first kappa shape index (κ1) is 28.0. The fourth-order valence-electron chi connectivity index (χ4n) is 4.02. The van der Waals surface area contributed by atoms with Gasteiger partial charge in [0.25, 0.3) is 0 Å². The third-order valence-corrected chi connectivity index (χ3v) is 8.30. The lowest BCUT2D eigenvalue weighted by atomic mass is 10.2. The monoisotopic (exact) mass is 599 g/mol. The van der Waals surface area contributed by atoms with E-state index < -0.39 is 9.84 Å². The number of benzene rings is 2. The summed E-state index contributed by atoms with van der Waals surface area (Å²) in [4.78, 5) is 24.4. The van der Waals surface area contributed by atoms with Crippen molar-refractivity contribution < 1.29 is 27.4 Å². The molecule has 0 aliphatic carbocycles. The molecule has 0 bridgehead atoms. The molecule has 0 saturated carbocycles. The molecule has 1 aliphatic heterocycles. The van der Waals surface area contributed by atoms with Crippen molar-refractivity contribution in [2.24, 2.45) is 4.99 Å². The van der Waals surface area contributed by atoms with E-state index in [4.69, 9.17) is 25.8 Å². The van der Waals surface area contributed by atoms with Gasteiger partial charge in [0, 0.05) is 24.1 Å². The van der Waals surface area contributed by atoms with Crippen LogP contribution in [0.1, 0.15) is 31.2 Å². The standard InChI is InChI=1S/C28H26ClN3O6S2/c1-3-5-25(33)38-26-15-30-28(39-26)22-13-17-12-20(37-19-8-10-21(11-9-19)40(2,34)35)14-23(27(17)32-22)36-16-18-6-4-7-24(29)31-18/h4,6-14,26,32H,3,5,15-16H2,1-2H3. The van der Waals surface area contributed by atoms with Crippen LogP contribution in [0.4, 0.5) is 0 Å². The van der Waals surface area contributed by atoms with Crippen molar-refractivity contribution in [1.29, 1.82) is 0 Å². The predicted molar refractivity (Wildman–Crippen MR) is 155 cm³/mol. The van der Waals surface area contributed by atoms with Crippen LogP contribution in [0.2, 0.25) is 5.15 Å². The maximum Gasteiger partial charge on any atom is 0.306 e. The molecular formula is C28H26ClN3O6S2. The second kappa shape index (κ2) is 11.9. The molecule has 0 spiro atoms. The molecule has 1 atom stereocenters. The van der Waals surface area contributed by atoms with E-state index in [0.29, 0.717) is 41.1 Å². The number of hydrogen-bond acceptors (Lipinski definition) is 9. The van der Waals surface area contributed by atoms with Gasteiger partial charge in [0.05, 0.1) is 28.3 Å². The Bertz CT molecular complexity index is 1690. The number of sulfone groups is 1. The minimum absolute atomic E-state index is 0.168. The molecule has 4 aromatic rings. The zero-order chi connectivity index (χ0) is 28.3. The number of nitrogens with one attached hydrogen (secondary N) is 1. The Kier molecular flexibility index (Phi) is 8.34. The fourth-order valence-corrected chi connectivity index (χ4v) is 5.77. The zero-order valence-corrected chi connectivity index (χ0v) is 24.1. The van der Waals surface area contributed by atoms with Gasteiger partial charge in [0.1, 0.15) is 34.1 Å². The van der Waals surface area contributed by atoms with Crippen molar-refractivity contribution in [2.75, 3.05) is 12.8 Å². The first-order chi connectivity index (χ1) is 19.2. The molecule has 3 heterocycles. The van der Waals surface area contributed by atoms with Gasteiger partial charge in [-0.05, 0) is 55.0 Å². The number of thioether (sulfide) groups is 1. The summed E-state index contributed by atoms with van der Waals surface area (Å²) >= 11 is 7.43. The Balaban J connectivity index is 1.42. The van der Waals surface area contributed by atoms with Gasteiger partial charge in [-0.2, -0.15) is 0 Å². The highest BCUT2D eigenvalue weighted by molar-refractivity contribution is 8.15. The molecule has 0 amide bonds. The lowest BCUT2D eigenvalue weighted by Gasteiger charge is -2.11. The molecule has 0 radical (unpaired) electrons. The van der Waals surface area contributed by atoms with E-state index in [0.717, 1.165) is 34.3 Å². The van der Waals surface area contributed by atoms with Crippen LogP contribution in [0.15, 0.2) is 70.6 Å². The second-order valence-corrected chi connectivity index (χ2v) is 12.6. The molecular weight excluding hydrogens is 574 g/mol. The summed E-state index contributed by atoms with van der Waals surface area (Å²) in [6, 6.07) is 17.0. The number of carbonyl (C=O) groups is 1. The maximum absolute atomic E-state index is 11.9. The summed E-state index contributed by atoms with van der Waals surface area (Å²) in [5.74, 6) is 1.25. The molecule has 1 aliphatic rings. The summed E-state index contributed by atoms with van der Waals surface area (Å²) in [6.45, 7) is 2.48. The summed E-state index contributed by atoms with van der Waals surface area (Å²) in [6.07, 6.45) is 2.26. The van der Waals surface area contributed by atoms with E-state index in [1.807, 2.05) is 25.1 Å². The highest BCUT2D eigenvalue weighted by atomic mass is 35.5. The van der Waals surface area contributed by atoms with E-state index in [2.05, 4.69) is 15.0 Å². The maximum atomic E-state index is 11.9. The largest absolute Gasteiger partial charge is 0.485 e. The van der Waals surface area contributed by atoms with Crippen molar-refractivity contribution in [3.05, 3.63) is 77.2 Å². The molecule has 40 heavy (non-hydrogen) atoms. The van der Waals surface area contributed by atoms with Crippen LogP contribution in [0.3, 0.4) is 0 Å². The number of hydrogen-bond donors (Lipinski definition) is 1. The average Bonchev–Trinajstić information content (AvgIpc) is 3.54. The number of H-pyrrole nitrogens is 1. The van der Waals surface area contributed by atoms with E-state index in [1.165, 1.54) is 23.9 Å². The van der Waals surface area contributed by atoms with Crippen LogP contribution in [0.5, 0.6) is 17.2 Å². The number of aromatic nitrogens is 2. The number of rotatable bonds is 10. The lowest BCUT2D eigenvalue weighted by molar-refractivity contribution is -0.144. The van der Waals surface area contributed by atoms with Crippen molar-refractivity contribution in [1.82, 2.24) is 9.97 Å². The number of nitrogens with zero attached hydrogens (tertiary/aromatic N) is 2. The second-order valence-electron chi connectivity index (χ2n) is 9.09. The van der Waals surface area contributed by atoms with Crippen molar-refractivity contribution in [3.63, 3.8) is 0 Å². The molecule has 9 nitrogen and oxygen atoms in total. The van der Waals surface area contributed by atoms with Crippen LogP contribution in [0.25, 0.3) is 10.9 Å². The Morgan fingerprint density at radius 1 is 1.12 bits per heavy atom. The number of halogens is 1. The molecule has 5 rings (SSSR count). The Morgan fingerprint density at radius 3 is 2.65 bits per heavy atom. The highest BCUT2D eigenvalue weighted by Crippen LogP contribution is 2.36. The molecule has 0 fully saturated rings. The number of pyridine rings is 1. The Hall–Kier alpha value is -3.54. The van der Waals surface area contributed by atoms with Gasteiger partial charge in [-0.1, -0.05) is 36.4 Å². The van der Waals surface area contributed by atoms with E-state index in [-0.39, 0.29) is 22.9 Å². The lowest BCUT2D eigenvalue weighted by Crippen LogP contribution is -2.15. The van der Waals surface area contributed by atoms with Crippen molar-refractivity contribution in [2.45, 2.75) is 36.7 Å². The van der Waals surface area contributed by atoms with E-state index in [1.54, 1.807) is 30.3 Å². The van der Waals surface area contributed by atoms with Gasteiger partial charge in [0.2, 0.25) is 0 Å². The molecule has 12 heteroatoms.